The van der Waals surface area contributed by atoms with Gasteiger partial charge in [-0.3, -0.25) is 0 Å². The lowest BCUT2D eigenvalue weighted by Crippen LogP contribution is -2.24. The van der Waals surface area contributed by atoms with Crippen molar-refractivity contribution in [3.8, 4) is 0 Å². The molecule has 2 atom stereocenters. The lowest BCUT2D eigenvalue weighted by atomic mass is 10.0. The Morgan fingerprint density at radius 2 is 2.22 bits per heavy atom. The zero-order chi connectivity index (χ0) is 7.28. The monoisotopic (exact) mass is 132 g/mol. The molecular formula is C6H12O3. The van der Waals surface area contributed by atoms with E-state index < -0.39 is 12.0 Å². The quantitative estimate of drug-likeness (QED) is 0.510. The highest BCUT2D eigenvalue weighted by atomic mass is 16.3. The molecule has 0 rings (SSSR count). The van der Waals surface area contributed by atoms with Crippen molar-refractivity contribution >= 4 is 6.29 Å². The maximum absolute atomic E-state index is 10.1. The highest BCUT2D eigenvalue weighted by Gasteiger charge is 2.14. The van der Waals surface area contributed by atoms with Crippen molar-refractivity contribution in [3.05, 3.63) is 0 Å². The summed E-state index contributed by atoms with van der Waals surface area (Å²) in [5.41, 5.74) is 0. The van der Waals surface area contributed by atoms with Crippen LogP contribution in [0, 0.1) is 5.92 Å². The number of carbonyl (C=O) groups excluding carboxylic acids is 1. The number of aldehydes is 1. The fraction of sp³-hybridized carbons (Fsp3) is 0.833. The Morgan fingerprint density at radius 1 is 1.67 bits per heavy atom. The first-order chi connectivity index (χ1) is 4.26. The molecule has 0 aromatic heterocycles. The van der Waals surface area contributed by atoms with Crippen molar-refractivity contribution in [1.82, 2.24) is 0 Å². The highest BCUT2D eigenvalue weighted by Crippen LogP contribution is 2.03. The van der Waals surface area contributed by atoms with Gasteiger partial charge in [0.25, 0.3) is 0 Å². The van der Waals surface area contributed by atoms with Crippen LogP contribution < -0.4 is 0 Å². The molecule has 0 heterocycles. The highest BCUT2D eigenvalue weighted by molar-refractivity contribution is 5.54. The summed E-state index contributed by atoms with van der Waals surface area (Å²) in [7, 11) is 0. The van der Waals surface area contributed by atoms with E-state index in [2.05, 4.69) is 0 Å². The summed E-state index contributed by atoms with van der Waals surface area (Å²) in [5, 5.41) is 17.2. The lowest BCUT2D eigenvalue weighted by Gasteiger charge is -2.11. The van der Waals surface area contributed by atoms with Gasteiger partial charge < -0.3 is 15.0 Å². The maximum Gasteiger partial charge on any atom is 0.125 e. The van der Waals surface area contributed by atoms with Crippen molar-refractivity contribution in [3.63, 3.8) is 0 Å². The Morgan fingerprint density at radius 3 is 2.33 bits per heavy atom. The Hall–Kier alpha value is -0.410. The molecule has 0 aliphatic carbocycles. The third-order valence-corrected chi connectivity index (χ3v) is 1.33. The molecule has 0 spiro atoms. The minimum atomic E-state index is -0.882. The van der Waals surface area contributed by atoms with Gasteiger partial charge in [0.2, 0.25) is 0 Å². The van der Waals surface area contributed by atoms with E-state index in [1.54, 1.807) is 6.92 Å². The van der Waals surface area contributed by atoms with Gasteiger partial charge in [-0.05, 0) is 6.42 Å². The molecule has 3 nitrogen and oxygen atoms in total. The molecule has 0 saturated heterocycles. The summed E-state index contributed by atoms with van der Waals surface area (Å²) in [6, 6.07) is 0. The van der Waals surface area contributed by atoms with Gasteiger partial charge in [0, 0.05) is 5.92 Å². The Balaban J connectivity index is 3.63. The summed E-state index contributed by atoms with van der Waals surface area (Å²) in [6.45, 7) is 1.45. The second-order valence-electron chi connectivity index (χ2n) is 1.96. The Labute approximate surface area is 54.3 Å². The first-order valence-corrected chi connectivity index (χ1v) is 3.00. The van der Waals surface area contributed by atoms with E-state index in [0.717, 1.165) is 0 Å². The smallest absolute Gasteiger partial charge is 0.125 e. The molecule has 3 heteroatoms. The average molecular weight is 132 g/mol. The molecule has 54 valence electrons. The van der Waals surface area contributed by atoms with E-state index >= 15 is 0 Å². The normalized spacial score (nSPS) is 16.8. The molecule has 0 radical (unpaired) electrons. The van der Waals surface area contributed by atoms with Gasteiger partial charge in [-0.1, -0.05) is 6.92 Å². The van der Waals surface area contributed by atoms with Gasteiger partial charge in [-0.25, -0.2) is 0 Å². The predicted octanol–water partition coefficient (Wildman–Crippen LogP) is -0.435. The van der Waals surface area contributed by atoms with E-state index in [9.17, 15) is 4.79 Å². The zero-order valence-corrected chi connectivity index (χ0v) is 5.45. The van der Waals surface area contributed by atoms with Crippen LogP contribution in [0.15, 0.2) is 0 Å². The zero-order valence-electron chi connectivity index (χ0n) is 5.45. The predicted molar refractivity (Wildman–Crippen MR) is 32.9 cm³/mol. The van der Waals surface area contributed by atoms with E-state index in [-0.39, 0.29) is 6.61 Å². The topological polar surface area (TPSA) is 57.5 Å². The summed E-state index contributed by atoms with van der Waals surface area (Å²) in [6.07, 6.45) is 0.360. The minimum Gasteiger partial charge on any atom is -0.394 e. The van der Waals surface area contributed by atoms with E-state index in [0.29, 0.717) is 12.7 Å². The fourth-order valence-corrected chi connectivity index (χ4v) is 0.594. The number of carbonyl (C=O) groups is 1. The van der Waals surface area contributed by atoms with Crippen LogP contribution in [-0.2, 0) is 4.79 Å². The third kappa shape index (κ3) is 2.58. The van der Waals surface area contributed by atoms with Crippen molar-refractivity contribution in [1.29, 1.82) is 0 Å². The van der Waals surface area contributed by atoms with Crippen LogP contribution in [0.2, 0.25) is 0 Å². The Bertz CT molecular complexity index is 82.4. The van der Waals surface area contributed by atoms with Gasteiger partial charge in [0.1, 0.15) is 6.29 Å². The fourth-order valence-electron chi connectivity index (χ4n) is 0.594. The molecule has 0 aliphatic rings. The van der Waals surface area contributed by atoms with Crippen molar-refractivity contribution in [2.24, 2.45) is 5.92 Å². The van der Waals surface area contributed by atoms with Crippen LogP contribution in [0.25, 0.3) is 0 Å². The molecule has 0 saturated carbocycles. The molecule has 9 heavy (non-hydrogen) atoms. The average Bonchev–Trinajstić information content (AvgIpc) is 1.90. The molecular weight excluding hydrogens is 120 g/mol. The van der Waals surface area contributed by atoms with Gasteiger partial charge >= 0.3 is 0 Å². The summed E-state index contributed by atoms with van der Waals surface area (Å²) in [5.74, 6) is -0.407. The van der Waals surface area contributed by atoms with E-state index in [1.165, 1.54) is 0 Å². The standard InChI is InChI=1S/C6H12O3/c1-2-5(3-7)6(9)4-8/h3,5-6,8-9H,2,4H2,1H3. The molecule has 0 fully saturated rings. The molecule has 2 unspecified atom stereocenters. The third-order valence-electron chi connectivity index (χ3n) is 1.33. The van der Waals surface area contributed by atoms with Crippen molar-refractivity contribution in [2.45, 2.75) is 19.4 Å². The van der Waals surface area contributed by atoms with Gasteiger partial charge in [-0.2, -0.15) is 0 Å². The van der Waals surface area contributed by atoms with Crippen LogP contribution in [0.3, 0.4) is 0 Å². The largest absolute Gasteiger partial charge is 0.394 e. The summed E-state index contributed by atoms with van der Waals surface area (Å²) in [4.78, 5) is 10.1. The van der Waals surface area contributed by atoms with Gasteiger partial charge in [0.15, 0.2) is 0 Å². The lowest BCUT2D eigenvalue weighted by molar-refractivity contribution is -0.115. The van der Waals surface area contributed by atoms with Gasteiger partial charge in [-0.15, -0.1) is 0 Å². The van der Waals surface area contributed by atoms with Crippen LogP contribution in [0.4, 0.5) is 0 Å². The van der Waals surface area contributed by atoms with Crippen LogP contribution in [0.5, 0.6) is 0 Å². The molecule has 0 aliphatic heterocycles. The van der Waals surface area contributed by atoms with Crippen LogP contribution in [-0.4, -0.2) is 29.2 Å². The SMILES string of the molecule is CCC(C=O)C(O)CO. The second kappa shape index (κ2) is 4.47. The van der Waals surface area contributed by atoms with Crippen LogP contribution >= 0.6 is 0 Å². The number of hydrogen-bond acceptors (Lipinski definition) is 3. The molecule has 2 N–H and O–H groups in total. The number of aliphatic hydroxyl groups is 2. The number of aliphatic hydroxyl groups excluding tert-OH is 2. The van der Waals surface area contributed by atoms with E-state index in [1.807, 2.05) is 0 Å². The molecule has 0 amide bonds. The number of hydrogen-bond donors (Lipinski definition) is 2. The molecule has 0 aromatic carbocycles. The second-order valence-corrected chi connectivity index (χ2v) is 1.96. The number of rotatable bonds is 4. The van der Waals surface area contributed by atoms with Gasteiger partial charge in [0.05, 0.1) is 12.7 Å². The van der Waals surface area contributed by atoms with E-state index in [4.69, 9.17) is 10.2 Å². The maximum atomic E-state index is 10.1. The molecule has 0 aromatic rings. The summed E-state index contributed by atoms with van der Waals surface area (Å²) < 4.78 is 0. The minimum absolute atomic E-state index is 0.336. The first kappa shape index (κ1) is 8.59. The van der Waals surface area contributed by atoms with Crippen molar-refractivity contribution in [2.75, 3.05) is 6.61 Å². The molecule has 0 bridgehead atoms. The Kier molecular flexibility index (Phi) is 4.26. The van der Waals surface area contributed by atoms with Crippen molar-refractivity contribution < 1.29 is 15.0 Å². The van der Waals surface area contributed by atoms with Crippen LogP contribution in [0.1, 0.15) is 13.3 Å². The summed E-state index contributed by atoms with van der Waals surface area (Å²) >= 11 is 0. The first-order valence-electron chi connectivity index (χ1n) is 3.00.